The zero-order valence-corrected chi connectivity index (χ0v) is 12.9. The molecule has 0 aliphatic heterocycles. The number of ether oxygens (including phenoxy) is 1. The Bertz CT molecular complexity index is 537. The van der Waals surface area contributed by atoms with Crippen LogP contribution in [-0.4, -0.2) is 18.8 Å². The number of aliphatic hydroxyl groups is 1. The molecule has 0 radical (unpaired) electrons. The molecule has 108 valence electrons. The van der Waals surface area contributed by atoms with E-state index in [-0.39, 0.29) is 6.04 Å². The number of thiophene rings is 1. The fraction of sp³-hybridized carbons (Fsp3) is 0.375. The summed E-state index contributed by atoms with van der Waals surface area (Å²) in [5.74, 6) is 0.848. The van der Waals surface area contributed by atoms with Crippen LogP contribution >= 0.6 is 11.3 Å². The average Bonchev–Trinajstić information content (AvgIpc) is 3.00. The maximum atomic E-state index is 10.5. The largest absolute Gasteiger partial charge is 0.497 e. The lowest BCUT2D eigenvalue weighted by Gasteiger charge is -2.25. The van der Waals surface area contributed by atoms with Crippen LogP contribution < -0.4 is 10.1 Å². The van der Waals surface area contributed by atoms with Crippen molar-refractivity contribution in [3.05, 3.63) is 52.2 Å². The highest BCUT2D eigenvalue weighted by atomic mass is 32.1. The first-order valence-corrected chi connectivity index (χ1v) is 7.54. The van der Waals surface area contributed by atoms with Crippen LogP contribution in [0.5, 0.6) is 5.75 Å². The van der Waals surface area contributed by atoms with Crippen LogP contribution in [0.15, 0.2) is 41.8 Å². The summed E-state index contributed by atoms with van der Waals surface area (Å²) in [6.45, 7) is 4.43. The molecule has 0 bridgehead atoms. The van der Waals surface area contributed by atoms with Gasteiger partial charge < -0.3 is 15.2 Å². The van der Waals surface area contributed by atoms with Crippen molar-refractivity contribution in [3.63, 3.8) is 0 Å². The molecule has 2 unspecified atom stereocenters. The van der Waals surface area contributed by atoms with E-state index in [4.69, 9.17) is 4.74 Å². The van der Waals surface area contributed by atoms with Crippen molar-refractivity contribution >= 4 is 11.3 Å². The molecule has 1 aromatic heterocycles. The third kappa shape index (κ3) is 3.60. The Labute approximate surface area is 124 Å². The first kappa shape index (κ1) is 15.0. The summed E-state index contributed by atoms with van der Waals surface area (Å²) in [4.78, 5) is 0.975. The summed E-state index contributed by atoms with van der Waals surface area (Å²) in [5, 5.41) is 15.9. The molecule has 1 aromatic carbocycles. The quantitative estimate of drug-likeness (QED) is 0.858. The number of nitrogens with one attached hydrogen (secondary N) is 1. The van der Waals surface area contributed by atoms with Crippen LogP contribution in [0.3, 0.4) is 0 Å². The molecule has 0 fully saturated rings. The number of hydrogen-bond acceptors (Lipinski definition) is 4. The molecule has 0 aliphatic rings. The van der Waals surface area contributed by atoms with Gasteiger partial charge >= 0.3 is 0 Å². The summed E-state index contributed by atoms with van der Waals surface area (Å²) in [6.07, 6.45) is 0. The van der Waals surface area contributed by atoms with E-state index < -0.39 is 5.60 Å². The van der Waals surface area contributed by atoms with E-state index in [9.17, 15) is 5.11 Å². The molecule has 2 atom stereocenters. The standard InChI is InChI=1S/C16H21NO2S/c1-12(13-6-4-7-14(10-13)19-3)17-11-16(2,18)15-8-5-9-20-15/h4-10,12,17-18H,11H2,1-3H3. The van der Waals surface area contributed by atoms with Gasteiger partial charge in [0.1, 0.15) is 11.4 Å². The van der Waals surface area contributed by atoms with Gasteiger partial charge in [0.15, 0.2) is 0 Å². The molecule has 0 saturated heterocycles. The Hall–Kier alpha value is -1.36. The average molecular weight is 291 g/mol. The molecule has 2 N–H and O–H groups in total. The van der Waals surface area contributed by atoms with Gasteiger partial charge in [0.05, 0.1) is 7.11 Å². The van der Waals surface area contributed by atoms with Gasteiger partial charge in [-0.25, -0.2) is 0 Å². The van der Waals surface area contributed by atoms with Crippen LogP contribution in [-0.2, 0) is 5.60 Å². The van der Waals surface area contributed by atoms with E-state index in [1.807, 2.05) is 42.6 Å². The van der Waals surface area contributed by atoms with Gasteiger partial charge in [-0.2, -0.15) is 0 Å². The number of benzene rings is 1. The second-order valence-corrected chi connectivity index (χ2v) is 6.08. The normalized spacial score (nSPS) is 15.6. The minimum absolute atomic E-state index is 0.150. The van der Waals surface area contributed by atoms with Crippen molar-refractivity contribution in [3.8, 4) is 5.75 Å². The summed E-state index contributed by atoms with van der Waals surface area (Å²) in [5.41, 5.74) is 0.299. The van der Waals surface area contributed by atoms with Crippen LogP contribution in [0.4, 0.5) is 0 Å². The maximum Gasteiger partial charge on any atom is 0.119 e. The lowest BCUT2D eigenvalue weighted by atomic mass is 10.0. The van der Waals surface area contributed by atoms with Crippen molar-refractivity contribution < 1.29 is 9.84 Å². The van der Waals surface area contributed by atoms with Gasteiger partial charge in [0, 0.05) is 17.5 Å². The zero-order valence-electron chi connectivity index (χ0n) is 12.1. The summed E-state index contributed by atoms with van der Waals surface area (Å²) in [6, 6.07) is 12.0. The third-order valence-corrected chi connectivity index (χ3v) is 4.52. The molecule has 0 amide bonds. The van der Waals surface area contributed by atoms with Crippen molar-refractivity contribution in [2.75, 3.05) is 13.7 Å². The van der Waals surface area contributed by atoms with Crippen molar-refractivity contribution in [1.29, 1.82) is 0 Å². The molecule has 4 heteroatoms. The van der Waals surface area contributed by atoms with Crippen LogP contribution in [0.2, 0.25) is 0 Å². The van der Waals surface area contributed by atoms with E-state index in [1.165, 1.54) is 0 Å². The molecule has 0 spiro atoms. The molecular formula is C16H21NO2S. The van der Waals surface area contributed by atoms with Gasteiger partial charge in [0.2, 0.25) is 0 Å². The van der Waals surface area contributed by atoms with E-state index in [0.717, 1.165) is 16.2 Å². The van der Waals surface area contributed by atoms with Gasteiger partial charge in [-0.05, 0) is 43.0 Å². The predicted octanol–water partition coefficient (Wildman–Crippen LogP) is 3.32. The zero-order chi connectivity index (χ0) is 14.6. The first-order valence-electron chi connectivity index (χ1n) is 6.66. The summed E-state index contributed by atoms with van der Waals surface area (Å²) in [7, 11) is 1.67. The van der Waals surface area contributed by atoms with Gasteiger partial charge in [-0.1, -0.05) is 18.2 Å². The highest BCUT2D eigenvalue weighted by Crippen LogP contribution is 2.26. The van der Waals surface area contributed by atoms with Crippen molar-refractivity contribution in [1.82, 2.24) is 5.32 Å². The molecule has 1 heterocycles. The van der Waals surface area contributed by atoms with E-state index in [2.05, 4.69) is 18.3 Å². The summed E-state index contributed by atoms with van der Waals surface area (Å²) >= 11 is 1.57. The number of rotatable bonds is 6. The Balaban J connectivity index is 1.99. The van der Waals surface area contributed by atoms with Gasteiger partial charge in [-0.15, -0.1) is 11.3 Å². The van der Waals surface area contributed by atoms with Crippen molar-refractivity contribution in [2.45, 2.75) is 25.5 Å². The summed E-state index contributed by atoms with van der Waals surface area (Å²) < 4.78 is 5.23. The van der Waals surface area contributed by atoms with Crippen LogP contribution in [0, 0.1) is 0 Å². The Morgan fingerprint density at radius 1 is 1.35 bits per heavy atom. The topological polar surface area (TPSA) is 41.5 Å². The molecule has 2 aromatic rings. The molecule has 0 saturated carbocycles. The number of methoxy groups -OCH3 is 1. The lowest BCUT2D eigenvalue weighted by molar-refractivity contribution is 0.0581. The van der Waals surface area contributed by atoms with Gasteiger partial charge in [-0.3, -0.25) is 0 Å². The Morgan fingerprint density at radius 2 is 2.15 bits per heavy atom. The molecule has 0 aliphatic carbocycles. The highest BCUT2D eigenvalue weighted by Gasteiger charge is 2.24. The van der Waals surface area contributed by atoms with E-state index in [1.54, 1.807) is 18.4 Å². The second-order valence-electron chi connectivity index (χ2n) is 5.13. The Kier molecular flexibility index (Phi) is 4.81. The van der Waals surface area contributed by atoms with Gasteiger partial charge in [0.25, 0.3) is 0 Å². The fourth-order valence-corrected chi connectivity index (χ4v) is 2.84. The van der Waals surface area contributed by atoms with Crippen molar-refractivity contribution in [2.24, 2.45) is 0 Å². The predicted molar refractivity (Wildman–Crippen MR) is 83.3 cm³/mol. The Morgan fingerprint density at radius 3 is 2.80 bits per heavy atom. The van der Waals surface area contributed by atoms with E-state index >= 15 is 0 Å². The smallest absolute Gasteiger partial charge is 0.119 e. The molecular weight excluding hydrogens is 270 g/mol. The second kappa shape index (κ2) is 6.39. The van der Waals surface area contributed by atoms with Crippen LogP contribution in [0.25, 0.3) is 0 Å². The SMILES string of the molecule is COc1cccc(C(C)NCC(C)(O)c2cccs2)c1. The third-order valence-electron chi connectivity index (χ3n) is 3.40. The molecule has 2 rings (SSSR count). The highest BCUT2D eigenvalue weighted by molar-refractivity contribution is 7.10. The molecule has 20 heavy (non-hydrogen) atoms. The first-order chi connectivity index (χ1) is 9.53. The lowest BCUT2D eigenvalue weighted by Crippen LogP contribution is -2.36. The fourth-order valence-electron chi connectivity index (χ4n) is 2.05. The minimum Gasteiger partial charge on any atom is -0.497 e. The minimum atomic E-state index is -0.846. The van der Waals surface area contributed by atoms with E-state index in [0.29, 0.717) is 6.54 Å². The molecule has 3 nitrogen and oxygen atoms in total. The van der Waals surface area contributed by atoms with Crippen LogP contribution in [0.1, 0.15) is 30.3 Å². The monoisotopic (exact) mass is 291 g/mol. The number of hydrogen-bond donors (Lipinski definition) is 2. The maximum absolute atomic E-state index is 10.5.